The summed E-state index contributed by atoms with van der Waals surface area (Å²) in [6.45, 7) is 5.03. The summed E-state index contributed by atoms with van der Waals surface area (Å²) < 4.78 is 0. The lowest BCUT2D eigenvalue weighted by molar-refractivity contribution is -0.120. The standard InChI is InChI=1S/C13H17N3O2/c1-4-13(18)16-15-9(2)11-5-7-12(8-6-11)14-10(3)17/h5-8H,4H2,1-3H3,(H,14,17)(H,16,18)/b15-9+. The summed E-state index contributed by atoms with van der Waals surface area (Å²) in [7, 11) is 0. The van der Waals surface area contributed by atoms with Gasteiger partial charge >= 0.3 is 0 Å². The highest BCUT2D eigenvalue weighted by Crippen LogP contribution is 2.10. The van der Waals surface area contributed by atoms with Gasteiger partial charge in [0.25, 0.3) is 0 Å². The minimum absolute atomic E-state index is 0.108. The molecule has 2 amide bonds. The van der Waals surface area contributed by atoms with Gasteiger partial charge < -0.3 is 5.32 Å². The van der Waals surface area contributed by atoms with Crippen LogP contribution in [0, 0.1) is 0 Å². The summed E-state index contributed by atoms with van der Waals surface area (Å²) in [5, 5.41) is 6.67. The van der Waals surface area contributed by atoms with Crippen LogP contribution in [0.1, 0.15) is 32.8 Å². The largest absolute Gasteiger partial charge is 0.326 e. The predicted octanol–water partition coefficient (Wildman–Crippen LogP) is 1.90. The minimum Gasteiger partial charge on any atom is -0.326 e. The molecule has 0 saturated heterocycles. The molecule has 0 aromatic heterocycles. The molecule has 0 aliphatic rings. The highest BCUT2D eigenvalue weighted by Gasteiger charge is 2.00. The molecule has 0 spiro atoms. The van der Waals surface area contributed by atoms with Crippen molar-refractivity contribution in [3.8, 4) is 0 Å². The normalized spacial score (nSPS) is 10.9. The fraction of sp³-hybridized carbons (Fsp3) is 0.308. The molecule has 0 aliphatic heterocycles. The van der Waals surface area contributed by atoms with Crippen LogP contribution in [0.2, 0.25) is 0 Å². The fourth-order valence-corrected chi connectivity index (χ4v) is 1.29. The Hall–Kier alpha value is -2.17. The van der Waals surface area contributed by atoms with E-state index in [1.54, 1.807) is 19.1 Å². The van der Waals surface area contributed by atoms with E-state index in [0.717, 1.165) is 11.3 Å². The number of anilines is 1. The van der Waals surface area contributed by atoms with Crippen molar-refractivity contribution in [1.82, 2.24) is 5.43 Å². The Morgan fingerprint density at radius 1 is 1.17 bits per heavy atom. The maximum absolute atomic E-state index is 11.1. The van der Waals surface area contributed by atoms with Crippen LogP contribution in [0.3, 0.4) is 0 Å². The Labute approximate surface area is 106 Å². The summed E-state index contributed by atoms with van der Waals surface area (Å²) in [6.07, 6.45) is 0.401. The van der Waals surface area contributed by atoms with Gasteiger partial charge in [-0.3, -0.25) is 9.59 Å². The van der Waals surface area contributed by atoms with Gasteiger partial charge in [-0.25, -0.2) is 5.43 Å². The molecule has 1 rings (SSSR count). The van der Waals surface area contributed by atoms with Gasteiger partial charge in [-0.2, -0.15) is 5.10 Å². The van der Waals surface area contributed by atoms with E-state index in [1.165, 1.54) is 6.92 Å². The second kappa shape index (κ2) is 6.54. The molecular formula is C13H17N3O2. The van der Waals surface area contributed by atoms with Crippen LogP contribution in [-0.4, -0.2) is 17.5 Å². The third-order valence-corrected chi connectivity index (χ3v) is 2.29. The van der Waals surface area contributed by atoms with Gasteiger partial charge in [0, 0.05) is 19.0 Å². The first-order valence-corrected chi connectivity index (χ1v) is 5.74. The highest BCUT2D eigenvalue weighted by atomic mass is 16.2. The zero-order valence-corrected chi connectivity index (χ0v) is 10.8. The number of carbonyl (C=O) groups excluding carboxylic acids is 2. The van der Waals surface area contributed by atoms with Crippen LogP contribution in [0.25, 0.3) is 0 Å². The number of benzene rings is 1. The number of hydrogen-bond acceptors (Lipinski definition) is 3. The molecule has 18 heavy (non-hydrogen) atoms. The summed E-state index contributed by atoms with van der Waals surface area (Å²) >= 11 is 0. The highest BCUT2D eigenvalue weighted by molar-refractivity contribution is 5.99. The Bertz CT molecular complexity index is 464. The second-order valence-electron chi connectivity index (χ2n) is 3.84. The van der Waals surface area contributed by atoms with E-state index in [0.29, 0.717) is 12.1 Å². The molecule has 0 heterocycles. The van der Waals surface area contributed by atoms with Crippen LogP contribution in [0.4, 0.5) is 5.69 Å². The molecule has 0 aliphatic carbocycles. The molecule has 0 saturated carbocycles. The third kappa shape index (κ3) is 4.37. The number of hydrogen-bond donors (Lipinski definition) is 2. The number of nitrogens with zero attached hydrogens (tertiary/aromatic N) is 1. The van der Waals surface area contributed by atoms with Crippen molar-refractivity contribution >= 4 is 23.2 Å². The molecule has 0 bridgehead atoms. The number of nitrogens with one attached hydrogen (secondary N) is 2. The minimum atomic E-state index is -0.121. The first-order chi connectivity index (χ1) is 8.52. The number of amides is 2. The second-order valence-corrected chi connectivity index (χ2v) is 3.84. The van der Waals surface area contributed by atoms with E-state index >= 15 is 0 Å². The zero-order valence-electron chi connectivity index (χ0n) is 10.8. The molecule has 0 unspecified atom stereocenters. The molecule has 0 radical (unpaired) electrons. The first-order valence-electron chi connectivity index (χ1n) is 5.74. The maximum atomic E-state index is 11.1. The van der Waals surface area contributed by atoms with Crippen LogP contribution in [0.15, 0.2) is 29.4 Å². The van der Waals surface area contributed by atoms with Gasteiger partial charge in [0.1, 0.15) is 0 Å². The summed E-state index contributed by atoms with van der Waals surface area (Å²) in [5.41, 5.74) is 4.79. The van der Waals surface area contributed by atoms with Crippen molar-refractivity contribution in [3.63, 3.8) is 0 Å². The summed E-state index contributed by atoms with van der Waals surface area (Å²) in [4.78, 5) is 21.9. The fourth-order valence-electron chi connectivity index (χ4n) is 1.29. The first kappa shape index (κ1) is 13.9. The predicted molar refractivity (Wildman–Crippen MR) is 71.4 cm³/mol. The molecule has 0 atom stereocenters. The summed E-state index contributed by atoms with van der Waals surface area (Å²) in [6, 6.07) is 7.25. The van der Waals surface area contributed by atoms with Gasteiger partial charge in [-0.05, 0) is 24.6 Å². The molecule has 5 nitrogen and oxygen atoms in total. The average Bonchev–Trinajstić information content (AvgIpc) is 2.35. The average molecular weight is 247 g/mol. The Morgan fingerprint density at radius 2 is 1.78 bits per heavy atom. The van der Waals surface area contributed by atoms with Gasteiger partial charge in [-0.15, -0.1) is 0 Å². The van der Waals surface area contributed by atoms with Gasteiger partial charge in [0.15, 0.2) is 0 Å². The maximum Gasteiger partial charge on any atom is 0.239 e. The van der Waals surface area contributed by atoms with Gasteiger partial charge in [0.05, 0.1) is 5.71 Å². The Morgan fingerprint density at radius 3 is 2.28 bits per heavy atom. The third-order valence-electron chi connectivity index (χ3n) is 2.29. The van der Waals surface area contributed by atoms with Crippen molar-refractivity contribution in [1.29, 1.82) is 0 Å². The van der Waals surface area contributed by atoms with Crippen molar-refractivity contribution in [2.24, 2.45) is 5.10 Å². The quantitative estimate of drug-likeness (QED) is 0.630. The summed E-state index contributed by atoms with van der Waals surface area (Å²) in [5.74, 6) is -0.229. The van der Waals surface area contributed by atoms with E-state index in [2.05, 4.69) is 15.8 Å². The topological polar surface area (TPSA) is 70.6 Å². The Kier molecular flexibility index (Phi) is 5.05. The van der Waals surface area contributed by atoms with Crippen molar-refractivity contribution < 1.29 is 9.59 Å². The molecule has 0 fully saturated rings. The molecule has 5 heteroatoms. The lowest BCUT2D eigenvalue weighted by Gasteiger charge is -2.04. The molecular weight excluding hydrogens is 230 g/mol. The van der Waals surface area contributed by atoms with E-state index in [1.807, 2.05) is 19.1 Å². The van der Waals surface area contributed by atoms with Gasteiger partial charge in [-0.1, -0.05) is 19.1 Å². The number of rotatable bonds is 4. The van der Waals surface area contributed by atoms with Crippen LogP contribution < -0.4 is 10.7 Å². The zero-order chi connectivity index (χ0) is 13.5. The number of carbonyl (C=O) groups is 2. The Balaban J connectivity index is 2.72. The lowest BCUT2D eigenvalue weighted by Crippen LogP contribution is -2.17. The van der Waals surface area contributed by atoms with Crippen molar-refractivity contribution in [2.75, 3.05) is 5.32 Å². The number of hydrazone groups is 1. The van der Waals surface area contributed by atoms with Crippen molar-refractivity contribution in [3.05, 3.63) is 29.8 Å². The van der Waals surface area contributed by atoms with Gasteiger partial charge in [0.2, 0.25) is 11.8 Å². The molecule has 1 aromatic rings. The van der Waals surface area contributed by atoms with Crippen LogP contribution in [-0.2, 0) is 9.59 Å². The van der Waals surface area contributed by atoms with Crippen LogP contribution in [0.5, 0.6) is 0 Å². The van der Waals surface area contributed by atoms with E-state index in [9.17, 15) is 9.59 Å². The monoisotopic (exact) mass is 247 g/mol. The lowest BCUT2D eigenvalue weighted by atomic mass is 10.1. The molecule has 2 N–H and O–H groups in total. The molecule has 96 valence electrons. The van der Waals surface area contributed by atoms with E-state index in [4.69, 9.17) is 0 Å². The SMILES string of the molecule is CCC(=O)N/N=C(\C)c1ccc(NC(C)=O)cc1. The van der Waals surface area contributed by atoms with Crippen LogP contribution >= 0.6 is 0 Å². The molecule has 1 aromatic carbocycles. The van der Waals surface area contributed by atoms with Crippen molar-refractivity contribution in [2.45, 2.75) is 27.2 Å². The van der Waals surface area contributed by atoms with E-state index in [-0.39, 0.29) is 11.8 Å². The van der Waals surface area contributed by atoms with E-state index < -0.39 is 0 Å². The smallest absolute Gasteiger partial charge is 0.239 e.